The SMILES string of the molecule is COC(=O)C1=C(C(=O)OC)N(c2ccccc2SCc2cccc(C)c2)C(N)=C(C#N)C1c1ccccc1. The summed E-state index contributed by atoms with van der Waals surface area (Å²) in [5.74, 6) is -1.74. The van der Waals surface area contributed by atoms with Gasteiger partial charge in [-0.1, -0.05) is 72.3 Å². The number of benzene rings is 3. The van der Waals surface area contributed by atoms with Crippen LogP contribution in [0.2, 0.25) is 0 Å². The maximum absolute atomic E-state index is 13.3. The van der Waals surface area contributed by atoms with Crippen LogP contribution in [0, 0.1) is 18.3 Å². The van der Waals surface area contributed by atoms with Crippen molar-refractivity contribution in [3.8, 4) is 6.07 Å². The summed E-state index contributed by atoms with van der Waals surface area (Å²) in [7, 11) is 2.47. The molecule has 0 fully saturated rings. The van der Waals surface area contributed by atoms with Gasteiger partial charge in [-0.2, -0.15) is 5.26 Å². The summed E-state index contributed by atoms with van der Waals surface area (Å²) in [4.78, 5) is 28.8. The van der Waals surface area contributed by atoms with Crippen LogP contribution in [0.15, 0.2) is 106 Å². The number of anilines is 1. The molecule has 0 saturated heterocycles. The fraction of sp³-hybridized carbons (Fsp3) is 0.167. The molecule has 7 nitrogen and oxygen atoms in total. The van der Waals surface area contributed by atoms with Gasteiger partial charge in [-0.05, 0) is 30.2 Å². The number of hydrogen-bond donors (Lipinski definition) is 1. The van der Waals surface area contributed by atoms with Crippen molar-refractivity contribution in [3.63, 3.8) is 0 Å². The second kappa shape index (κ2) is 11.7. The van der Waals surface area contributed by atoms with Gasteiger partial charge in [0.1, 0.15) is 11.5 Å². The Kier molecular flexibility index (Phi) is 8.19. The fourth-order valence-corrected chi connectivity index (χ4v) is 5.47. The van der Waals surface area contributed by atoms with E-state index in [1.165, 1.54) is 19.1 Å². The van der Waals surface area contributed by atoms with E-state index in [0.29, 0.717) is 17.0 Å². The topological polar surface area (TPSA) is 106 Å². The Hall–Kier alpha value is -4.48. The normalized spacial score (nSPS) is 15.2. The van der Waals surface area contributed by atoms with Gasteiger partial charge in [-0.15, -0.1) is 11.8 Å². The molecule has 4 rings (SSSR count). The Morgan fingerprint density at radius 2 is 1.66 bits per heavy atom. The second-order valence-corrected chi connectivity index (χ2v) is 9.60. The first-order chi connectivity index (χ1) is 18.4. The van der Waals surface area contributed by atoms with Crippen molar-refractivity contribution in [1.82, 2.24) is 0 Å². The van der Waals surface area contributed by atoms with Crippen LogP contribution in [-0.2, 0) is 24.8 Å². The van der Waals surface area contributed by atoms with Gasteiger partial charge in [0, 0.05) is 10.6 Å². The Labute approximate surface area is 226 Å². The average molecular weight is 526 g/mol. The van der Waals surface area contributed by atoms with Crippen LogP contribution in [0.1, 0.15) is 22.6 Å². The highest BCUT2D eigenvalue weighted by molar-refractivity contribution is 7.98. The summed E-state index contributed by atoms with van der Waals surface area (Å²) in [6.07, 6.45) is 0. The zero-order valence-electron chi connectivity index (χ0n) is 21.3. The minimum atomic E-state index is -0.911. The standard InChI is InChI=1S/C30H27N3O4S/c1-19-10-9-11-20(16-19)18-38-24-15-8-7-14-23(24)33-27(30(35)37-3)26(29(34)36-2)25(22(17-31)28(33)32)21-12-5-4-6-13-21/h4-16,25H,18,32H2,1-3H3. The Morgan fingerprint density at radius 1 is 0.974 bits per heavy atom. The van der Waals surface area contributed by atoms with Crippen molar-refractivity contribution in [2.24, 2.45) is 5.73 Å². The molecule has 1 atom stereocenters. The van der Waals surface area contributed by atoms with Crippen molar-refractivity contribution in [2.75, 3.05) is 19.1 Å². The molecule has 1 heterocycles. The molecule has 1 aliphatic rings. The molecule has 1 unspecified atom stereocenters. The third-order valence-corrected chi connectivity index (χ3v) is 7.33. The summed E-state index contributed by atoms with van der Waals surface area (Å²) in [5, 5.41) is 10.2. The number of nitrogens with two attached hydrogens (primary N) is 1. The van der Waals surface area contributed by atoms with E-state index in [2.05, 4.69) is 12.1 Å². The van der Waals surface area contributed by atoms with Crippen molar-refractivity contribution in [3.05, 3.63) is 118 Å². The molecule has 38 heavy (non-hydrogen) atoms. The minimum absolute atomic E-state index is 0.0187. The first-order valence-electron chi connectivity index (χ1n) is 11.8. The number of para-hydroxylation sites is 1. The smallest absolute Gasteiger partial charge is 0.355 e. The zero-order valence-corrected chi connectivity index (χ0v) is 22.1. The summed E-state index contributed by atoms with van der Waals surface area (Å²) in [6.45, 7) is 2.04. The van der Waals surface area contributed by atoms with Gasteiger partial charge in [0.05, 0.1) is 43.0 Å². The summed E-state index contributed by atoms with van der Waals surface area (Å²) in [5.41, 5.74) is 10.1. The predicted octanol–water partition coefficient (Wildman–Crippen LogP) is 5.19. The van der Waals surface area contributed by atoms with Crippen molar-refractivity contribution in [2.45, 2.75) is 23.5 Å². The lowest BCUT2D eigenvalue weighted by molar-refractivity contribution is -0.139. The molecule has 3 aromatic carbocycles. The van der Waals surface area contributed by atoms with Crippen LogP contribution >= 0.6 is 11.8 Å². The van der Waals surface area contributed by atoms with Gasteiger partial charge < -0.3 is 15.2 Å². The molecule has 0 radical (unpaired) electrons. The number of carbonyl (C=O) groups excluding carboxylic acids is 2. The number of esters is 2. The maximum Gasteiger partial charge on any atom is 0.355 e. The Bertz CT molecular complexity index is 1470. The third-order valence-electron chi connectivity index (χ3n) is 6.19. The molecule has 0 spiro atoms. The third kappa shape index (κ3) is 5.15. The van der Waals surface area contributed by atoms with Gasteiger partial charge in [0.2, 0.25) is 0 Å². The van der Waals surface area contributed by atoms with E-state index in [0.717, 1.165) is 16.0 Å². The molecule has 192 valence electrons. The average Bonchev–Trinajstić information content (AvgIpc) is 2.95. The van der Waals surface area contributed by atoms with Gasteiger partial charge in [-0.25, -0.2) is 9.59 Å². The van der Waals surface area contributed by atoms with E-state index >= 15 is 0 Å². The van der Waals surface area contributed by atoms with Crippen LogP contribution in [0.4, 0.5) is 5.69 Å². The van der Waals surface area contributed by atoms with Crippen LogP contribution < -0.4 is 10.6 Å². The summed E-state index contributed by atoms with van der Waals surface area (Å²) in [6, 6.07) is 26.7. The molecule has 3 aromatic rings. The molecule has 8 heteroatoms. The number of hydrogen-bond acceptors (Lipinski definition) is 8. The van der Waals surface area contributed by atoms with Crippen LogP contribution in [0.5, 0.6) is 0 Å². The highest BCUT2D eigenvalue weighted by Gasteiger charge is 2.43. The highest BCUT2D eigenvalue weighted by Crippen LogP contribution is 2.45. The first kappa shape index (κ1) is 26.6. The number of rotatable bonds is 7. The minimum Gasteiger partial charge on any atom is -0.466 e. The van der Waals surface area contributed by atoms with E-state index in [1.807, 2.05) is 43.3 Å². The lowest BCUT2D eigenvalue weighted by atomic mass is 9.81. The largest absolute Gasteiger partial charge is 0.466 e. The van der Waals surface area contributed by atoms with Crippen LogP contribution in [0.3, 0.4) is 0 Å². The molecule has 2 N–H and O–H groups in total. The highest BCUT2D eigenvalue weighted by atomic mass is 32.2. The zero-order chi connectivity index (χ0) is 27.2. The lowest BCUT2D eigenvalue weighted by Gasteiger charge is -2.36. The molecular formula is C30H27N3O4S. The van der Waals surface area contributed by atoms with Crippen molar-refractivity contribution < 1.29 is 19.1 Å². The first-order valence-corrected chi connectivity index (χ1v) is 12.8. The molecule has 0 amide bonds. The van der Waals surface area contributed by atoms with Gasteiger partial charge in [-0.3, -0.25) is 4.90 Å². The van der Waals surface area contributed by atoms with Crippen LogP contribution in [0.25, 0.3) is 0 Å². The number of thioether (sulfide) groups is 1. The number of carbonyl (C=O) groups is 2. The number of nitrogens with zero attached hydrogens (tertiary/aromatic N) is 2. The van der Waals surface area contributed by atoms with Gasteiger partial charge >= 0.3 is 11.9 Å². The summed E-state index contributed by atoms with van der Waals surface area (Å²) < 4.78 is 10.3. The van der Waals surface area contributed by atoms with E-state index in [-0.39, 0.29) is 22.7 Å². The van der Waals surface area contributed by atoms with E-state index < -0.39 is 17.9 Å². The predicted molar refractivity (Wildman–Crippen MR) is 147 cm³/mol. The number of aryl methyl sites for hydroxylation is 1. The number of methoxy groups -OCH3 is 2. The number of allylic oxidation sites excluding steroid dienone is 1. The van der Waals surface area contributed by atoms with Crippen molar-refractivity contribution >= 4 is 29.4 Å². The molecular weight excluding hydrogens is 498 g/mol. The number of nitriles is 1. The molecule has 0 saturated carbocycles. The van der Waals surface area contributed by atoms with Gasteiger partial charge in [0.25, 0.3) is 0 Å². The van der Waals surface area contributed by atoms with Gasteiger partial charge in [0.15, 0.2) is 0 Å². The quantitative estimate of drug-likeness (QED) is 0.332. The fourth-order valence-electron chi connectivity index (χ4n) is 4.49. The van der Waals surface area contributed by atoms with E-state index in [4.69, 9.17) is 15.2 Å². The Morgan fingerprint density at radius 3 is 2.32 bits per heavy atom. The summed E-state index contributed by atoms with van der Waals surface area (Å²) >= 11 is 1.55. The maximum atomic E-state index is 13.3. The molecule has 0 aromatic heterocycles. The lowest BCUT2D eigenvalue weighted by Crippen LogP contribution is -2.41. The monoisotopic (exact) mass is 525 g/mol. The van der Waals surface area contributed by atoms with Crippen molar-refractivity contribution in [1.29, 1.82) is 5.26 Å². The second-order valence-electron chi connectivity index (χ2n) is 8.58. The molecule has 0 bridgehead atoms. The van der Waals surface area contributed by atoms with Crippen LogP contribution in [-0.4, -0.2) is 26.2 Å². The Balaban J connectivity index is 1.93. The van der Waals surface area contributed by atoms with E-state index in [9.17, 15) is 14.9 Å². The number of ether oxygens (including phenoxy) is 2. The van der Waals surface area contributed by atoms with E-state index in [1.54, 1.807) is 48.2 Å². The molecule has 1 aliphatic heterocycles. The molecule has 0 aliphatic carbocycles.